The van der Waals surface area contributed by atoms with Crippen molar-refractivity contribution in [1.29, 1.82) is 0 Å². The Morgan fingerprint density at radius 3 is 2.34 bits per heavy atom. The van der Waals surface area contributed by atoms with Crippen LogP contribution in [0.15, 0.2) is 73.8 Å². The molecule has 0 radical (unpaired) electrons. The average molecular weight is 521 g/mol. The summed E-state index contributed by atoms with van der Waals surface area (Å²) in [6.45, 7) is 9.77. The minimum absolute atomic E-state index is 0.00204. The third-order valence-corrected chi connectivity index (χ3v) is 7.28. The molecule has 1 saturated carbocycles. The first-order chi connectivity index (χ1) is 18.6. The van der Waals surface area contributed by atoms with Crippen LogP contribution in [0.1, 0.15) is 66.8 Å². The summed E-state index contributed by atoms with van der Waals surface area (Å²) in [5.74, 6) is 0. The molecule has 0 bridgehead atoms. The Hall–Kier alpha value is -2.97. The van der Waals surface area contributed by atoms with Crippen LogP contribution in [0.5, 0.6) is 0 Å². The number of amides is 1. The largest absolute Gasteiger partial charge is 0.445 e. The zero-order valence-electron chi connectivity index (χ0n) is 22.1. The Morgan fingerprint density at radius 2 is 1.68 bits per heavy atom. The van der Waals surface area contributed by atoms with E-state index in [1.54, 1.807) is 0 Å². The number of nitrogens with one attached hydrogen (secondary N) is 1. The quantitative estimate of drug-likeness (QED) is 0.356. The van der Waals surface area contributed by atoms with E-state index in [0.29, 0.717) is 12.6 Å². The van der Waals surface area contributed by atoms with E-state index in [4.69, 9.17) is 14.2 Å². The normalized spacial score (nSPS) is 21.8. The number of carbonyl (C=O) groups is 1. The van der Waals surface area contributed by atoms with Gasteiger partial charge in [0.25, 0.3) is 0 Å². The van der Waals surface area contributed by atoms with Crippen LogP contribution in [0.4, 0.5) is 4.79 Å². The minimum Gasteiger partial charge on any atom is -0.445 e. The highest BCUT2D eigenvalue weighted by atomic mass is 16.7. The van der Waals surface area contributed by atoms with E-state index in [1.165, 1.54) is 31.8 Å². The number of hydrogen-bond donors (Lipinski definition) is 2. The van der Waals surface area contributed by atoms with E-state index in [0.717, 1.165) is 41.8 Å². The van der Waals surface area contributed by atoms with Crippen molar-refractivity contribution in [2.24, 2.45) is 0 Å². The number of hydrogen-bond acceptors (Lipinski definition) is 6. The lowest BCUT2D eigenvalue weighted by molar-refractivity contribution is -0.253. The summed E-state index contributed by atoms with van der Waals surface area (Å²) in [4.78, 5) is 14.2. The summed E-state index contributed by atoms with van der Waals surface area (Å²) in [5, 5.41) is 12.2. The maximum Gasteiger partial charge on any atom is 0.407 e. The molecule has 2 fully saturated rings. The third-order valence-electron chi connectivity index (χ3n) is 7.28. The van der Waals surface area contributed by atoms with Crippen molar-refractivity contribution in [3.05, 3.63) is 96.1 Å². The summed E-state index contributed by atoms with van der Waals surface area (Å²) >= 11 is 0. The van der Waals surface area contributed by atoms with Crippen molar-refractivity contribution < 1.29 is 24.1 Å². The number of alkyl carbamates (subject to hydrolysis) is 1. The lowest BCUT2D eigenvalue weighted by Crippen LogP contribution is -2.43. The topological polar surface area (TPSA) is 80.3 Å². The van der Waals surface area contributed by atoms with E-state index in [1.807, 2.05) is 54.6 Å². The Balaban J connectivity index is 1.47. The molecule has 3 atom stereocenters. The number of ether oxygens (including phenoxy) is 3. The zero-order valence-corrected chi connectivity index (χ0v) is 22.1. The molecule has 1 amide bonds. The van der Waals surface area contributed by atoms with E-state index in [-0.39, 0.29) is 25.4 Å². The van der Waals surface area contributed by atoms with Gasteiger partial charge in [0, 0.05) is 37.7 Å². The van der Waals surface area contributed by atoms with Gasteiger partial charge in [-0.3, -0.25) is 4.90 Å². The number of benzene rings is 2. The van der Waals surface area contributed by atoms with Crippen LogP contribution >= 0.6 is 0 Å². The predicted octanol–water partition coefficient (Wildman–Crippen LogP) is 5.57. The smallest absolute Gasteiger partial charge is 0.407 e. The molecule has 4 rings (SSSR count). The zero-order chi connectivity index (χ0) is 26.7. The third kappa shape index (κ3) is 7.77. The van der Waals surface area contributed by atoms with Crippen molar-refractivity contribution >= 4 is 6.09 Å². The molecule has 38 heavy (non-hydrogen) atoms. The molecule has 2 aromatic carbocycles. The SMILES string of the molecule is C=CCOC(=O)NCc1ccc([C@H]2O[C@@H](CN(CC=C)C3CCCC3)C[C@@H](c3ccc(CO)cc3)O2)cc1. The Bertz CT molecular complexity index is 1030. The number of aliphatic hydroxyl groups is 1. The molecule has 1 heterocycles. The number of aliphatic hydroxyl groups excluding tert-OH is 1. The molecule has 7 heteroatoms. The van der Waals surface area contributed by atoms with Crippen molar-refractivity contribution in [2.45, 2.75) is 69.8 Å². The van der Waals surface area contributed by atoms with Crippen LogP contribution in [-0.4, -0.2) is 47.9 Å². The fraction of sp³-hybridized carbons (Fsp3) is 0.452. The maximum atomic E-state index is 11.7. The molecule has 2 N–H and O–H groups in total. The fourth-order valence-corrected chi connectivity index (χ4v) is 5.25. The van der Waals surface area contributed by atoms with Gasteiger partial charge in [-0.25, -0.2) is 4.79 Å². The molecule has 1 aliphatic heterocycles. The second kappa shape index (κ2) is 14.3. The highest BCUT2D eigenvalue weighted by Gasteiger charge is 2.34. The Morgan fingerprint density at radius 1 is 1.00 bits per heavy atom. The number of rotatable bonds is 12. The predicted molar refractivity (Wildman–Crippen MR) is 147 cm³/mol. The van der Waals surface area contributed by atoms with Crippen molar-refractivity contribution in [3.8, 4) is 0 Å². The van der Waals surface area contributed by atoms with Crippen LogP contribution in [0.3, 0.4) is 0 Å². The standard InChI is InChI=1S/C31H40N2O5/c1-3-17-33(27-7-5-6-8-27)21-28-19-29(25-13-11-24(22-34)12-14-25)38-30(37-28)26-15-9-23(10-16-26)20-32-31(35)36-18-4-2/h3-4,9-16,27-30,34H,1-2,5-8,17-22H2,(H,32,35)/t28-,29+,30+/m1/s1. The van der Waals surface area contributed by atoms with Crippen LogP contribution in [0.2, 0.25) is 0 Å². The second-order valence-corrected chi connectivity index (χ2v) is 10.0. The molecule has 1 saturated heterocycles. The summed E-state index contributed by atoms with van der Waals surface area (Å²) < 4.78 is 18.0. The molecule has 2 aliphatic rings. The van der Waals surface area contributed by atoms with Gasteiger partial charge in [-0.15, -0.1) is 6.58 Å². The highest BCUT2D eigenvalue weighted by Crippen LogP contribution is 2.38. The van der Waals surface area contributed by atoms with Crippen molar-refractivity contribution in [1.82, 2.24) is 10.2 Å². The lowest BCUT2D eigenvalue weighted by atomic mass is 9.99. The van der Waals surface area contributed by atoms with E-state index < -0.39 is 12.4 Å². The molecule has 0 aromatic heterocycles. The van der Waals surface area contributed by atoms with Crippen molar-refractivity contribution in [2.75, 3.05) is 19.7 Å². The van der Waals surface area contributed by atoms with E-state index in [2.05, 4.69) is 23.4 Å². The monoisotopic (exact) mass is 520 g/mol. The van der Waals surface area contributed by atoms with Gasteiger partial charge >= 0.3 is 6.09 Å². The van der Waals surface area contributed by atoms with Gasteiger partial charge in [0.15, 0.2) is 6.29 Å². The first kappa shape index (κ1) is 28.0. The first-order valence-corrected chi connectivity index (χ1v) is 13.6. The van der Waals surface area contributed by atoms with Crippen LogP contribution in [0.25, 0.3) is 0 Å². The van der Waals surface area contributed by atoms with Gasteiger partial charge in [-0.05, 0) is 29.5 Å². The average Bonchev–Trinajstić information content (AvgIpc) is 3.50. The first-order valence-electron chi connectivity index (χ1n) is 13.6. The molecule has 0 spiro atoms. The summed E-state index contributed by atoms with van der Waals surface area (Å²) in [5.41, 5.74) is 3.84. The summed E-state index contributed by atoms with van der Waals surface area (Å²) in [6, 6.07) is 16.5. The molecule has 0 unspecified atom stereocenters. The Labute approximate surface area is 226 Å². The van der Waals surface area contributed by atoms with Crippen LogP contribution in [0, 0.1) is 0 Å². The highest BCUT2D eigenvalue weighted by molar-refractivity contribution is 5.67. The molecule has 2 aromatic rings. The molecular weight excluding hydrogens is 480 g/mol. The van der Waals surface area contributed by atoms with E-state index >= 15 is 0 Å². The molecule has 1 aliphatic carbocycles. The van der Waals surface area contributed by atoms with Gasteiger partial charge in [0.05, 0.1) is 18.8 Å². The van der Waals surface area contributed by atoms with Gasteiger partial charge < -0.3 is 24.6 Å². The van der Waals surface area contributed by atoms with Crippen molar-refractivity contribution in [3.63, 3.8) is 0 Å². The summed E-state index contributed by atoms with van der Waals surface area (Å²) in [6.07, 6.45) is 8.17. The van der Waals surface area contributed by atoms with Crippen LogP contribution < -0.4 is 5.32 Å². The summed E-state index contributed by atoms with van der Waals surface area (Å²) in [7, 11) is 0. The van der Waals surface area contributed by atoms with Gasteiger partial charge in [-0.2, -0.15) is 0 Å². The molecule has 204 valence electrons. The Kier molecular flexibility index (Phi) is 10.5. The minimum atomic E-state index is -0.509. The number of nitrogens with zero attached hydrogens (tertiary/aromatic N) is 1. The van der Waals surface area contributed by atoms with Crippen LogP contribution in [-0.2, 0) is 27.4 Å². The van der Waals surface area contributed by atoms with Gasteiger partial charge in [0.1, 0.15) is 6.61 Å². The van der Waals surface area contributed by atoms with E-state index in [9.17, 15) is 9.90 Å². The maximum absolute atomic E-state index is 11.7. The van der Waals surface area contributed by atoms with Gasteiger partial charge in [0.2, 0.25) is 0 Å². The lowest BCUT2D eigenvalue weighted by Gasteiger charge is -2.39. The number of carbonyl (C=O) groups excluding carboxylic acids is 1. The second-order valence-electron chi connectivity index (χ2n) is 10.0. The molecule has 7 nitrogen and oxygen atoms in total. The fourth-order valence-electron chi connectivity index (χ4n) is 5.25. The molecular formula is C31H40N2O5. The van der Waals surface area contributed by atoms with Gasteiger partial charge in [-0.1, -0.05) is 80.1 Å².